The standard InChI is InChI=1S/C15H10F3N3/c16-9-5-6-12(14(18)13(9)17)21-15-8-3-1-2-4-11(8)20-7-10(15)19/h1-7H,19H2,(H,20,21). The highest BCUT2D eigenvalue weighted by Crippen LogP contribution is 2.32. The van der Waals surface area contributed by atoms with Gasteiger partial charge < -0.3 is 11.1 Å². The quantitative estimate of drug-likeness (QED) is 0.702. The summed E-state index contributed by atoms with van der Waals surface area (Å²) in [6, 6.07) is 9.05. The summed E-state index contributed by atoms with van der Waals surface area (Å²) >= 11 is 0. The van der Waals surface area contributed by atoms with Crippen molar-refractivity contribution in [2.45, 2.75) is 0 Å². The molecule has 3 rings (SSSR count). The van der Waals surface area contributed by atoms with Crippen LogP contribution in [0.25, 0.3) is 10.9 Å². The summed E-state index contributed by atoms with van der Waals surface area (Å²) in [7, 11) is 0. The highest BCUT2D eigenvalue weighted by Gasteiger charge is 2.15. The van der Waals surface area contributed by atoms with Gasteiger partial charge in [-0.1, -0.05) is 18.2 Å². The second kappa shape index (κ2) is 4.97. The van der Waals surface area contributed by atoms with Gasteiger partial charge in [0.05, 0.1) is 28.8 Å². The van der Waals surface area contributed by atoms with Gasteiger partial charge in [-0.3, -0.25) is 4.98 Å². The lowest BCUT2D eigenvalue weighted by Crippen LogP contribution is -2.02. The van der Waals surface area contributed by atoms with Gasteiger partial charge in [-0.25, -0.2) is 13.2 Å². The normalized spacial score (nSPS) is 10.8. The van der Waals surface area contributed by atoms with Gasteiger partial charge in [0.1, 0.15) is 0 Å². The largest absolute Gasteiger partial charge is 0.396 e. The van der Waals surface area contributed by atoms with Crippen molar-refractivity contribution in [3.63, 3.8) is 0 Å². The summed E-state index contributed by atoms with van der Waals surface area (Å²) in [5, 5.41) is 3.36. The van der Waals surface area contributed by atoms with Crippen LogP contribution in [0.4, 0.5) is 30.2 Å². The molecule has 0 bridgehead atoms. The third-order valence-corrected chi connectivity index (χ3v) is 3.10. The molecule has 0 aliphatic carbocycles. The van der Waals surface area contributed by atoms with E-state index in [1.165, 1.54) is 6.20 Å². The predicted molar refractivity (Wildman–Crippen MR) is 75.8 cm³/mol. The molecule has 0 radical (unpaired) electrons. The van der Waals surface area contributed by atoms with Crippen LogP contribution in [0.2, 0.25) is 0 Å². The molecular weight excluding hydrogens is 279 g/mol. The Morgan fingerprint density at radius 1 is 0.952 bits per heavy atom. The molecule has 3 N–H and O–H groups in total. The van der Waals surface area contributed by atoms with Gasteiger partial charge in [0.2, 0.25) is 0 Å². The average Bonchev–Trinajstić information content (AvgIpc) is 2.50. The van der Waals surface area contributed by atoms with Gasteiger partial charge in [-0.15, -0.1) is 0 Å². The Bertz CT molecular complexity index is 834. The van der Waals surface area contributed by atoms with Crippen molar-refractivity contribution >= 4 is 28.0 Å². The van der Waals surface area contributed by atoms with Crippen LogP contribution in [0.5, 0.6) is 0 Å². The molecule has 0 fully saturated rings. The number of para-hydroxylation sites is 1. The minimum atomic E-state index is -1.53. The third-order valence-electron chi connectivity index (χ3n) is 3.10. The maximum absolute atomic E-state index is 13.7. The maximum Gasteiger partial charge on any atom is 0.196 e. The van der Waals surface area contributed by atoms with E-state index in [0.29, 0.717) is 16.6 Å². The fourth-order valence-electron chi connectivity index (χ4n) is 2.05. The van der Waals surface area contributed by atoms with E-state index < -0.39 is 17.5 Å². The number of benzene rings is 2. The van der Waals surface area contributed by atoms with Crippen molar-refractivity contribution in [3.8, 4) is 0 Å². The molecule has 6 heteroatoms. The molecule has 106 valence electrons. The lowest BCUT2D eigenvalue weighted by molar-refractivity contribution is 0.449. The number of rotatable bonds is 2. The van der Waals surface area contributed by atoms with Crippen LogP contribution >= 0.6 is 0 Å². The number of aromatic nitrogens is 1. The van der Waals surface area contributed by atoms with Crippen molar-refractivity contribution in [2.24, 2.45) is 0 Å². The molecular formula is C15H10F3N3. The molecule has 0 aliphatic rings. The molecule has 3 nitrogen and oxygen atoms in total. The van der Waals surface area contributed by atoms with Crippen LogP contribution in [0, 0.1) is 17.5 Å². The predicted octanol–water partition coefficient (Wildman–Crippen LogP) is 3.98. The van der Waals surface area contributed by atoms with Crippen LogP contribution in [0.1, 0.15) is 0 Å². The fraction of sp³-hybridized carbons (Fsp3) is 0. The van der Waals surface area contributed by atoms with Crippen LogP contribution in [-0.2, 0) is 0 Å². The van der Waals surface area contributed by atoms with Crippen molar-refractivity contribution in [1.82, 2.24) is 4.98 Å². The molecule has 1 aromatic heterocycles. The molecule has 0 saturated carbocycles. The van der Waals surface area contributed by atoms with Crippen molar-refractivity contribution in [2.75, 3.05) is 11.1 Å². The molecule has 0 atom stereocenters. The minimum absolute atomic E-state index is 0.197. The smallest absolute Gasteiger partial charge is 0.196 e. The first-order chi connectivity index (χ1) is 10.1. The zero-order valence-electron chi connectivity index (χ0n) is 10.7. The van der Waals surface area contributed by atoms with Gasteiger partial charge in [0.25, 0.3) is 0 Å². The van der Waals surface area contributed by atoms with E-state index in [-0.39, 0.29) is 11.4 Å². The lowest BCUT2D eigenvalue weighted by Gasteiger charge is -2.13. The first-order valence-electron chi connectivity index (χ1n) is 6.11. The summed E-state index contributed by atoms with van der Waals surface area (Å²) in [6.07, 6.45) is 1.42. The molecule has 0 saturated heterocycles. The molecule has 0 spiro atoms. The number of hydrogen-bond acceptors (Lipinski definition) is 3. The summed E-state index contributed by atoms with van der Waals surface area (Å²) in [6.45, 7) is 0. The Hall–Kier alpha value is -2.76. The molecule has 0 unspecified atom stereocenters. The fourth-order valence-corrected chi connectivity index (χ4v) is 2.05. The number of fused-ring (bicyclic) bond motifs is 1. The molecule has 3 aromatic rings. The van der Waals surface area contributed by atoms with Gasteiger partial charge in [0, 0.05) is 5.39 Å². The molecule has 0 amide bonds. The molecule has 2 aromatic carbocycles. The van der Waals surface area contributed by atoms with Gasteiger partial charge in [-0.2, -0.15) is 0 Å². The average molecular weight is 289 g/mol. The number of nitrogens with zero attached hydrogens (tertiary/aromatic N) is 1. The second-order valence-corrected chi connectivity index (χ2v) is 4.45. The van der Waals surface area contributed by atoms with E-state index >= 15 is 0 Å². The Morgan fingerprint density at radius 2 is 1.71 bits per heavy atom. The first-order valence-corrected chi connectivity index (χ1v) is 6.11. The van der Waals surface area contributed by atoms with Crippen LogP contribution in [-0.4, -0.2) is 4.98 Å². The highest BCUT2D eigenvalue weighted by atomic mass is 19.2. The van der Waals surface area contributed by atoms with E-state index in [4.69, 9.17) is 5.73 Å². The van der Waals surface area contributed by atoms with E-state index in [9.17, 15) is 13.2 Å². The number of pyridine rings is 1. The number of hydrogen-bond donors (Lipinski definition) is 2. The number of nitrogens with two attached hydrogens (primary N) is 1. The van der Waals surface area contributed by atoms with E-state index in [2.05, 4.69) is 10.3 Å². The Balaban J connectivity index is 2.14. The molecule has 1 heterocycles. The Labute approximate surface area is 118 Å². The van der Waals surface area contributed by atoms with Crippen LogP contribution in [0.3, 0.4) is 0 Å². The van der Waals surface area contributed by atoms with Gasteiger partial charge in [0.15, 0.2) is 17.5 Å². The highest BCUT2D eigenvalue weighted by molar-refractivity contribution is 5.98. The summed E-state index contributed by atoms with van der Waals surface area (Å²) in [5.41, 5.74) is 6.96. The lowest BCUT2D eigenvalue weighted by atomic mass is 10.1. The zero-order valence-corrected chi connectivity index (χ0v) is 10.7. The first kappa shape index (κ1) is 13.2. The SMILES string of the molecule is Nc1cnc2ccccc2c1Nc1ccc(F)c(F)c1F. The summed E-state index contributed by atoms with van der Waals surface area (Å²) < 4.78 is 40.0. The minimum Gasteiger partial charge on any atom is -0.396 e. The Kier molecular flexibility index (Phi) is 3.13. The second-order valence-electron chi connectivity index (χ2n) is 4.45. The van der Waals surface area contributed by atoms with E-state index in [0.717, 1.165) is 12.1 Å². The van der Waals surface area contributed by atoms with Crippen molar-refractivity contribution in [1.29, 1.82) is 0 Å². The topological polar surface area (TPSA) is 50.9 Å². The van der Waals surface area contributed by atoms with E-state index in [1.807, 2.05) is 0 Å². The third kappa shape index (κ3) is 2.24. The monoisotopic (exact) mass is 289 g/mol. The number of nitrogen functional groups attached to an aromatic ring is 1. The maximum atomic E-state index is 13.7. The number of halogens is 3. The summed E-state index contributed by atoms with van der Waals surface area (Å²) in [4.78, 5) is 4.14. The van der Waals surface area contributed by atoms with E-state index in [1.54, 1.807) is 24.3 Å². The Morgan fingerprint density at radius 3 is 2.52 bits per heavy atom. The van der Waals surface area contributed by atoms with Crippen LogP contribution < -0.4 is 11.1 Å². The summed E-state index contributed by atoms with van der Waals surface area (Å²) in [5.74, 6) is -4.07. The van der Waals surface area contributed by atoms with Gasteiger partial charge in [-0.05, 0) is 18.2 Å². The van der Waals surface area contributed by atoms with Crippen molar-refractivity contribution < 1.29 is 13.2 Å². The van der Waals surface area contributed by atoms with Gasteiger partial charge >= 0.3 is 0 Å². The zero-order chi connectivity index (χ0) is 15.0. The van der Waals surface area contributed by atoms with Crippen molar-refractivity contribution in [3.05, 3.63) is 60.0 Å². The number of anilines is 3. The number of nitrogens with one attached hydrogen (secondary N) is 1. The van der Waals surface area contributed by atoms with Crippen LogP contribution in [0.15, 0.2) is 42.6 Å². The molecule has 0 aliphatic heterocycles. The molecule has 21 heavy (non-hydrogen) atoms.